The standard InChI is InChI=1S/C15H9F3N2O/c1-8-3-2-4-12(10(8)7-19)20-15(21)9-5-6-11(16)14(18)13(9)17/h2-6H,1H3,(H,20,21). The lowest BCUT2D eigenvalue weighted by atomic mass is 10.1. The summed E-state index contributed by atoms with van der Waals surface area (Å²) in [6.45, 7) is 1.67. The average molecular weight is 290 g/mol. The third-order valence-electron chi connectivity index (χ3n) is 2.91. The van der Waals surface area contributed by atoms with E-state index in [1.165, 1.54) is 6.07 Å². The fourth-order valence-electron chi connectivity index (χ4n) is 1.81. The van der Waals surface area contributed by atoms with Crippen LogP contribution in [0.15, 0.2) is 30.3 Å². The van der Waals surface area contributed by atoms with Gasteiger partial charge in [-0.05, 0) is 30.7 Å². The fraction of sp³-hybridized carbons (Fsp3) is 0.0667. The Bertz CT molecular complexity index is 766. The largest absolute Gasteiger partial charge is 0.321 e. The second kappa shape index (κ2) is 5.67. The van der Waals surface area contributed by atoms with Crippen LogP contribution in [0, 0.1) is 35.7 Å². The lowest BCUT2D eigenvalue weighted by Gasteiger charge is -2.09. The molecule has 0 aromatic heterocycles. The maximum atomic E-state index is 13.5. The molecule has 6 heteroatoms. The number of carbonyl (C=O) groups is 1. The summed E-state index contributed by atoms with van der Waals surface area (Å²) >= 11 is 0. The fourth-order valence-corrected chi connectivity index (χ4v) is 1.81. The first-order chi connectivity index (χ1) is 9.95. The minimum atomic E-state index is -1.72. The molecule has 0 aliphatic rings. The molecule has 106 valence electrons. The Labute approximate surface area is 118 Å². The van der Waals surface area contributed by atoms with Gasteiger partial charge < -0.3 is 5.32 Å². The molecule has 0 atom stereocenters. The zero-order chi connectivity index (χ0) is 15.6. The molecule has 1 N–H and O–H groups in total. The minimum absolute atomic E-state index is 0.173. The van der Waals surface area contributed by atoms with Gasteiger partial charge in [-0.3, -0.25) is 4.79 Å². The van der Waals surface area contributed by atoms with E-state index in [-0.39, 0.29) is 11.3 Å². The molecule has 1 amide bonds. The highest BCUT2D eigenvalue weighted by Gasteiger charge is 2.19. The number of aryl methyl sites for hydroxylation is 1. The number of halogens is 3. The summed E-state index contributed by atoms with van der Waals surface area (Å²) in [6.07, 6.45) is 0. The van der Waals surface area contributed by atoms with E-state index >= 15 is 0 Å². The first kappa shape index (κ1) is 14.6. The van der Waals surface area contributed by atoms with E-state index in [0.29, 0.717) is 11.6 Å². The average Bonchev–Trinajstić information content (AvgIpc) is 2.45. The van der Waals surface area contributed by atoms with Crippen LogP contribution in [0.4, 0.5) is 18.9 Å². The molecule has 3 nitrogen and oxygen atoms in total. The molecule has 0 saturated carbocycles. The number of amides is 1. The number of nitrogens with one attached hydrogen (secondary N) is 1. The summed E-state index contributed by atoms with van der Waals surface area (Å²) in [7, 11) is 0. The Morgan fingerprint density at radius 3 is 2.52 bits per heavy atom. The molecule has 0 spiro atoms. The maximum Gasteiger partial charge on any atom is 0.258 e. The molecule has 21 heavy (non-hydrogen) atoms. The molecule has 0 fully saturated rings. The predicted molar refractivity (Wildman–Crippen MR) is 70.2 cm³/mol. The van der Waals surface area contributed by atoms with Crippen molar-refractivity contribution in [3.63, 3.8) is 0 Å². The van der Waals surface area contributed by atoms with Crippen molar-refractivity contribution in [2.24, 2.45) is 0 Å². The van der Waals surface area contributed by atoms with Crippen LogP contribution in [0.2, 0.25) is 0 Å². The zero-order valence-corrected chi connectivity index (χ0v) is 10.9. The lowest BCUT2D eigenvalue weighted by Crippen LogP contribution is -2.16. The van der Waals surface area contributed by atoms with Crippen molar-refractivity contribution in [1.29, 1.82) is 5.26 Å². The van der Waals surface area contributed by atoms with Crippen molar-refractivity contribution in [3.05, 3.63) is 64.5 Å². The van der Waals surface area contributed by atoms with Crippen molar-refractivity contribution >= 4 is 11.6 Å². The first-order valence-corrected chi connectivity index (χ1v) is 5.90. The quantitative estimate of drug-likeness (QED) is 0.860. The Balaban J connectivity index is 2.38. The number of nitriles is 1. The number of hydrogen-bond acceptors (Lipinski definition) is 2. The lowest BCUT2D eigenvalue weighted by molar-refractivity contribution is 0.102. The number of benzene rings is 2. The zero-order valence-electron chi connectivity index (χ0n) is 10.9. The summed E-state index contributed by atoms with van der Waals surface area (Å²) in [5.41, 5.74) is 0.376. The van der Waals surface area contributed by atoms with E-state index in [1.807, 2.05) is 6.07 Å². The van der Waals surface area contributed by atoms with Gasteiger partial charge in [0.1, 0.15) is 6.07 Å². The summed E-state index contributed by atoms with van der Waals surface area (Å²) < 4.78 is 39.5. The van der Waals surface area contributed by atoms with Crippen LogP contribution in [0.3, 0.4) is 0 Å². The molecule has 2 aromatic carbocycles. The Morgan fingerprint density at radius 1 is 1.14 bits per heavy atom. The van der Waals surface area contributed by atoms with Crippen LogP contribution < -0.4 is 5.32 Å². The van der Waals surface area contributed by atoms with E-state index in [0.717, 1.165) is 6.07 Å². The number of hydrogen-bond donors (Lipinski definition) is 1. The van der Waals surface area contributed by atoms with E-state index in [2.05, 4.69) is 5.32 Å². The van der Waals surface area contributed by atoms with Crippen LogP contribution in [0.1, 0.15) is 21.5 Å². The van der Waals surface area contributed by atoms with Gasteiger partial charge in [-0.15, -0.1) is 0 Å². The van der Waals surface area contributed by atoms with Gasteiger partial charge in [-0.25, -0.2) is 13.2 Å². The number of anilines is 1. The minimum Gasteiger partial charge on any atom is -0.321 e. The molecule has 2 aromatic rings. The van der Waals surface area contributed by atoms with Gasteiger partial charge >= 0.3 is 0 Å². The SMILES string of the molecule is Cc1cccc(NC(=O)c2ccc(F)c(F)c2F)c1C#N. The summed E-state index contributed by atoms with van der Waals surface area (Å²) in [5, 5.41) is 11.3. The van der Waals surface area contributed by atoms with E-state index in [4.69, 9.17) is 5.26 Å². The highest BCUT2D eigenvalue weighted by Crippen LogP contribution is 2.21. The van der Waals surface area contributed by atoms with Gasteiger partial charge in [0.15, 0.2) is 17.5 Å². The molecule has 0 aliphatic heterocycles. The molecular formula is C15H9F3N2O. The molecule has 0 bridgehead atoms. The second-order valence-electron chi connectivity index (χ2n) is 4.29. The van der Waals surface area contributed by atoms with Gasteiger partial charge in [-0.1, -0.05) is 12.1 Å². The Morgan fingerprint density at radius 2 is 1.86 bits per heavy atom. The third kappa shape index (κ3) is 2.72. The molecule has 2 rings (SSSR count). The Kier molecular flexibility index (Phi) is 3.94. The number of rotatable bonds is 2. The van der Waals surface area contributed by atoms with Gasteiger partial charge in [0, 0.05) is 0 Å². The molecule has 0 unspecified atom stereocenters. The first-order valence-electron chi connectivity index (χ1n) is 5.90. The molecule has 0 heterocycles. The predicted octanol–water partition coefficient (Wildman–Crippen LogP) is 3.54. The molecular weight excluding hydrogens is 281 g/mol. The van der Waals surface area contributed by atoms with Gasteiger partial charge in [-0.2, -0.15) is 5.26 Å². The topological polar surface area (TPSA) is 52.9 Å². The van der Waals surface area contributed by atoms with Crippen LogP contribution in [0.25, 0.3) is 0 Å². The van der Waals surface area contributed by atoms with Gasteiger partial charge in [0.2, 0.25) is 0 Å². The van der Waals surface area contributed by atoms with Crippen LogP contribution in [0.5, 0.6) is 0 Å². The van der Waals surface area contributed by atoms with Crippen molar-refractivity contribution in [2.75, 3.05) is 5.32 Å². The Hall–Kier alpha value is -2.81. The van der Waals surface area contributed by atoms with Gasteiger partial charge in [0.05, 0.1) is 16.8 Å². The van der Waals surface area contributed by atoms with E-state index < -0.39 is 28.9 Å². The van der Waals surface area contributed by atoms with Crippen LogP contribution >= 0.6 is 0 Å². The normalized spacial score (nSPS) is 10.0. The summed E-state index contributed by atoms with van der Waals surface area (Å²) in [6, 6.07) is 8.15. The summed E-state index contributed by atoms with van der Waals surface area (Å²) in [4.78, 5) is 11.9. The van der Waals surface area contributed by atoms with Crippen LogP contribution in [-0.2, 0) is 0 Å². The van der Waals surface area contributed by atoms with Crippen molar-refractivity contribution in [2.45, 2.75) is 6.92 Å². The monoisotopic (exact) mass is 290 g/mol. The van der Waals surface area contributed by atoms with Crippen molar-refractivity contribution in [3.8, 4) is 6.07 Å². The maximum absolute atomic E-state index is 13.5. The van der Waals surface area contributed by atoms with Gasteiger partial charge in [0.25, 0.3) is 5.91 Å². The number of nitrogens with zero attached hydrogens (tertiary/aromatic N) is 1. The smallest absolute Gasteiger partial charge is 0.258 e. The number of carbonyl (C=O) groups excluding carboxylic acids is 1. The highest BCUT2D eigenvalue weighted by atomic mass is 19.2. The molecule has 0 saturated heterocycles. The van der Waals surface area contributed by atoms with Crippen molar-refractivity contribution < 1.29 is 18.0 Å². The van der Waals surface area contributed by atoms with Crippen molar-refractivity contribution in [1.82, 2.24) is 0 Å². The molecule has 0 radical (unpaired) electrons. The molecule has 0 aliphatic carbocycles. The highest BCUT2D eigenvalue weighted by molar-refractivity contribution is 6.05. The van der Waals surface area contributed by atoms with Crippen LogP contribution in [-0.4, -0.2) is 5.91 Å². The van der Waals surface area contributed by atoms with E-state index in [1.54, 1.807) is 19.1 Å². The summed E-state index contributed by atoms with van der Waals surface area (Å²) in [5.74, 6) is -5.63. The second-order valence-corrected chi connectivity index (χ2v) is 4.29. The van der Waals surface area contributed by atoms with E-state index in [9.17, 15) is 18.0 Å². The third-order valence-corrected chi connectivity index (χ3v) is 2.91.